The van der Waals surface area contributed by atoms with Gasteiger partial charge in [0.1, 0.15) is 5.75 Å². The second kappa shape index (κ2) is 6.25. The quantitative estimate of drug-likeness (QED) is 0.767. The predicted octanol–water partition coefficient (Wildman–Crippen LogP) is 1.83. The van der Waals surface area contributed by atoms with Crippen LogP contribution in [-0.4, -0.2) is 19.1 Å². The van der Waals surface area contributed by atoms with E-state index >= 15 is 0 Å². The Bertz CT molecular complexity index is 360. The Morgan fingerprint density at radius 2 is 1.76 bits per heavy atom. The van der Waals surface area contributed by atoms with Gasteiger partial charge in [0, 0.05) is 7.05 Å². The fourth-order valence-electron chi connectivity index (χ4n) is 1.49. The monoisotopic (exact) mass is 236 g/mol. The van der Waals surface area contributed by atoms with E-state index in [1.165, 1.54) is 0 Å². The Labute approximate surface area is 102 Å². The van der Waals surface area contributed by atoms with Crippen LogP contribution in [0.15, 0.2) is 24.3 Å². The first-order valence-corrected chi connectivity index (χ1v) is 5.77. The third kappa shape index (κ3) is 4.07. The Balaban J connectivity index is 2.70. The molecule has 1 atom stereocenters. The summed E-state index contributed by atoms with van der Waals surface area (Å²) < 4.78 is 5.54. The molecule has 1 rings (SSSR count). The Hall–Kier alpha value is -1.55. The van der Waals surface area contributed by atoms with Gasteiger partial charge in [0.2, 0.25) is 5.91 Å². The minimum Gasteiger partial charge on any atom is -0.491 e. The highest BCUT2D eigenvalue weighted by atomic mass is 16.5. The van der Waals surface area contributed by atoms with Crippen LogP contribution in [0.1, 0.15) is 32.3 Å². The van der Waals surface area contributed by atoms with Crippen LogP contribution in [0, 0.1) is 0 Å². The SMILES string of the molecule is CNNC(=O)C(C)c1ccc(OC(C)C)cc1. The fourth-order valence-corrected chi connectivity index (χ4v) is 1.49. The maximum atomic E-state index is 11.6. The number of hydrazine groups is 1. The van der Waals surface area contributed by atoms with Crippen molar-refractivity contribution in [3.05, 3.63) is 29.8 Å². The zero-order valence-electron chi connectivity index (χ0n) is 10.8. The number of hydrogen-bond acceptors (Lipinski definition) is 3. The van der Waals surface area contributed by atoms with Gasteiger partial charge in [0.25, 0.3) is 0 Å². The molecule has 0 heterocycles. The van der Waals surface area contributed by atoms with E-state index in [-0.39, 0.29) is 17.9 Å². The summed E-state index contributed by atoms with van der Waals surface area (Å²) in [6.45, 7) is 5.83. The summed E-state index contributed by atoms with van der Waals surface area (Å²) in [7, 11) is 1.67. The van der Waals surface area contributed by atoms with Crippen molar-refractivity contribution in [3.63, 3.8) is 0 Å². The normalized spacial score (nSPS) is 12.3. The number of carbonyl (C=O) groups excluding carboxylic acids is 1. The zero-order chi connectivity index (χ0) is 12.8. The van der Waals surface area contributed by atoms with Crippen molar-refractivity contribution in [1.82, 2.24) is 10.9 Å². The van der Waals surface area contributed by atoms with Gasteiger partial charge in [-0.15, -0.1) is 0 Å². The molecule has 2 N–H and O–H groups in total. The number of carbonyl (C=O) groups is 1. The summed E-state index contributed by atoms with van der Waals surface area (Å²) in [6, 6.07) is 7.60. The number of ether oxygens (including phenoxy) is 1. The second-order valence-corrected chi connectivity index (χ2v) is 4.20. The van der Waals surface area contributed by atoms with Gasteiger partial charge in [-0.2, -0.15) is 0 Å². The lowest BCUT2D eigenvalue weighted by molar-refractivity contribution is -0.123. The Morgan fingerprint density at radius 3 is 2.24 bits per heavy atom. The van der Waals surface area contributed by atoms with Crippen LogP contribution in [0.3, 0.4) is 0 Å². The van der Waals surface area contributed by atoms with Crippen molar-refractivity contribution in [2.45, 2.75) is 32.8 Å². The highest BCUT2D eigenvalue weighted by Crippen LogP contribution is 2.20. The molecule has 17 heavy (non-hydrogen) atoms. The van der Waals surface area contributed by atoms with Crippen molar-refractivity contribution in [2.24, 2.45) is 0 Å². The summed E-state index contributed by atoms with van der Waals surface area (Å²) in [5.74, 6) is 0.588. The molecule has 0 aliphatic rings. The molecule has 94 valence electrons. The largest absolute Gasteiger partial charge is 0.491 e. The molecule has 0 aliphatic carbocycles. The molecule has 0 saturated heterocycles. The van der Waals surface area contributed by atoms with Gasteiger partial charge in [0.05, 0.1) is 12.0 Å². The van der Waals surface area contributed by atoms with Crippen LogP contribution in [0.2, 0.25) is 0 Å². The average Bonchev–Trinajstić information content (AvgIpc) is 2.28. The van der Waals surface area contributed by atoms with Crippen molar-refractivity contribution in [3.8, 4) is 5.75 Å². The van der Waals surface area contributed by atoms with E-state index in [1.807, 2.05) is 45.0 Å². The van der Waals surface area contributed by atoms with Crippen molar-refractivity contribution in [1.29, 1.82) is 0 Å². The summed E-state index contributed by atoms with van der Waals surface area (Å²) in [5, 5.41) is 0. The topological polar surface area (TPSA) is 50.4 Å². The smallest absolute Gasteiger partial charge is 0.241 e. The molecule has 0 bridgehead atoms. The van der Waals surface area contributed by atoms with Crippen LogP contribution in [0.4, 0.5) is 0 Å². The first kappa shape index (κ1) is 13.5. The van der Waals surface area contributed by atoms with E-state index in [0.717, 1.165) is 11.3 Å². The van der Waals surface area contributed by atoms with Gasteiger partial charge >= 0.3 is 0 Å². The van der Waals surface area contributed by atoms with E-state index in [2.05, 4.69) is 10.9 Å². The molecule has 1 amide bonds. The van der Waals surface area contributed by atoms with Crippen molar-refractivity contribution in [2.75, 3.05) is 7.05 Å². The molecule has 4 nitrogen and oxygen atoms in total. The fraction of sp³-hybridized carbons (Fsp3) is 0.462. The number of nitrogens with one attached hydrogen (secondary N) is 2. The van der Waals surface area contributed by atoms with E-state index in [4.69, 9.17) is 4.74 Å². The third-order valence-corrected chi connectivity index (χ3v) is 2.39. The van der Waals surface area contributed by atoms with E-state index in [1.54, 1.807) is 7.05 Å². The van der Waals surface area contributed by atoms with E-state index < -0.39 is 0 Å². The average molecular weight is 236 g/mol. The molecule has 0 aromatic heterocycles. The van der Waals surface area contributed by atoms with Crippen molar-refractivity contribution < 1.29 is 9.53 Å². The minimum absolute atomic E-state index is 0.0509. The number of benzene rings is 1. The highest BCUT2D eigenvalue weighted by molar-refractivity contribution is 5.82. The number of hydrogen-bond donors (Lipinski definition) is 2. The van der Waals surface area contributed by atoms with Gasteiger partial charge in [-0.25, -0.2) is 5.43 Å². The molecule has 1 unspecified atom stereocenters. The van der Waals surface area contributed by atoms with E-state index in [9.17, 15) is 4.79 Å². The number of amides is 1. The molecule has 1 aromatic carbocycles. The molecule has 0 saturated carbocycles. The molecule has 0 spiro atoms. The van der Waals surface area contributed by atoms with Gasteiger partial charge in [-0.1, -0.05) is 12.1 Å². The lowest BCUT2D eigenvalue weighted by Gasteiger charge is -2.13. The summed E-state index contributed by atoms with van der Waals surface area (Å²) >= 11 is 0. The van der Waals surface area contributed by atoms with Gasteiger partial charge in [-0.3, -0.25) is 10.2 Å². The van der Waals surface area contributed by atoms with Crippen LogP contribution in [0.25, 0.3) is 0 Å². The molecule has 0 aliphatic heterocycles. The lowest BCUT2D eigenvalue weighted by Crippen LogP contribution is -2.37. The predicted molar refractivity (Wildman–Crippen MR) is 67.8 cm³/mol. The maximum Gasteiger partial charge on any atom is 0.241 e. The minimum atomic E-state index is -0.185. The lowest BCUT2D eigenvalue weighted by atomic mass is 10.0. The highest BCUT2D eigenvalue weighted by Gasteiger charge is 2.14. The van der Waals surface area contributed by atoms with Crippen LogP contribution < -0.4 is 15.6 Å². The maximum absolute atomic E-state index is 11.6. The molecule has 0 radical (unpaired) electrons. The Kier molecular flexibility index (Phi) is 4.97. The van der Waals surface area contributed by atoms with Crippen molar-refractivity contribution >= 4 is 5.91 Å². The Morgan fingerprint density at radius 1 is 1.18 bits per heavy atom. The first-order valence-electron chi connectivity index (χ1n) is 5.77. The van der Waals surface area contributed by atoms with Crippen LogP contribution in [0.5, 0.6) is 5.75 Å². The first-order chi connectivity index (χ1) is 8.04. The summed E-state index contributed by atoms with van der Waals surface area (Å²) in [5.41, 5.74) is 6.17. The van der Waals surface area contributed by atoms with Gasteiger partial charge < -0.3 is 4.74 Å². The second-order valence-electron chi connectivity index (χ2n) is 4.20. The zero-order valence-corrected chi connectivity index (χ0v) is 10.8. The molecule has 1 aromatic rings. The summed E-state index contributed by atoms with van der Waals surface area (Å²) in [4.78, 5) is 11.6. The van der Waals surface area contributed by atoms with Gasteiger partial charge in [-0.05, 0) is 38.5 Å². The molecular formula is C13H20N2O2. The molecule has 4 heteroatoms. The molecule has 0 fully saturated rings. The standard InChI is InChI=1S/C13H20N2O2/c1-9(2)17-12-7-5-11(6-8-12)10(3)13(16)15-14-4/h5-10,14H,1-4H3,(H,15,16). The van der Waals surface area contributed by atoms with Crippen LogP contribution in [-0.2, 0) is 4.79 Å². The number of rotatable bonds is 5. The molecular weight excluding hydrogens is 216 g/mol. The van der Waals surface area contributed by atoms with E-state index in [0.29, 0.717) is 0 Å². The summed E-state index contributed by atoms with van der Waals surface area (Å²) in [6.07, 6.45) is 0.158. The van der Waals surface area contributed by atoms with Gasteiger partial charge in [0.15, 0.2) is 0 Å². The third-order valence-electron chi connectivity index (χ3n) is 2.39. The van der Waals surface area contributed by atoms with Crippen LogP contribution >= 0.6 is 0 Å².